The molecular weight excluding hydrogens is 378 g/mol. The Balaban J connectivity index is 1.82. The minimum atomic E-state index is -0.510. The number of methoxy groups -OCH3 is 1. The Hall–Kier alpha value is -3.01. The van der Waals surface area contributed by atoms with E-state index >= 15 is 0 Å². The fraction of sp³-hybridized carbons (Fsp3) is 0.238. The first-order valence-corrected chi connectivity index (χ1v) is 9.18. The van der Waals surface area contributed by atoms with Crippen molar-refractivity contribution < 1.29 is 14.3 Å². The minimum Gasteiger partial charge on any atom is -0.496 e. The molecule has 1 saturated heterocycles. The lowest BCUT2D eigenvalue weighted by molar-refractivity contribution is -0.112. The van der Waals surface area contributed by atoms with Crippen molar-refractivity contribution in [1.29, 1.82) is 5.26 Å². The molecule has 3 rings (SSSR count). The maximum absolute atomic E-state index is 12.5. The number of carbonyl (C=O) groups excluding carboxylic acids is 1. The molecule has 1 amide bonds. The zero-order valence-corrected chi connectivity index (χ0v) is 16.2. The van der Waals surface area contributed by atoms with Crippen LogP contribution in [0.5, 0.6) is 5.75 Å². The molecule has 1 aliphatic heterocycles. The van der Waals surface area contributed by atoms with Crippen LogP contribution in [0.15, 0.2) is 48.0 Å². The van der Waals surface area contributed by atoms with Gasteiger partial charge in [-0.3, -0.25) is 4.79 Å². The van der Waals surface area contributed by atoms with E-state index in [4.69, 9.17) is 21.1 Å². The van der Waals surface area contributed by atoms with Gasteiger partial charge in [0.05, 0.1) is 20.3 Å². The predicted molar refractivity (Wildman–Crippen MR) is 110 cm³/mol. The van der Waals surface area contributed by atoms with Crippen LogP contribution in [0.1, 0.15) is 5.56 Å². The van der Waals surface area contributed by atoms with E-state index in [-0.39, 0.29) is 5.57 Å². The average Bonchev–Trinajstić information content (AvgIpc) is 2.72. The molecule has 0 bridgehead atoms. The molecule has 144 valence electrons. The molecule has 0 aliphatic carbocycles. The van der Waals surface area contributed by atoms with Crippen molar-refractivity contribution >= 4 is 35.0 Å². The zero-order chi connectivity index (χ0) is 19.9. The molecular formula is C21H20ClN3O3. The highest BCUT2D eigenvalue weighted by Gasteiger charge is 2.15. The Bertz CT molecular complexity index is 931. The van der Waals surface area contributed by atoms with Gasteiger partial charge in [0.15, 0.2) is 0 Å². The molecule has 0 unspecified atom stereocenters. The molecule has 1 fully saturated rings. The van der Waals surface area contributed by atoms with E-state index in [0.717, 1.165) is 18.8 Å². The molecule has 1 aliphatic rings. The molecule has 2 aromatic rings. The van der Waals surface area contributed by atoms with E-state index in [1.807, 2.05) is 24.3 Å². The predicted octanol–water partition coefficient (Wildman–Crippen LogP) is 3.73. The Morgan fingerprint density at radius 1 is 1.29 bits per heavy atom. The van der Waals surface area contributed by atoms with Crippen LogP contribution >= 0.6 is 11.6 Å². The van der Waals surface area contributed by atoms with E-state index in [1.165, 1.54) is 6.08 Å². The SMILES string of the molecule is COc1cc(N2CCOCC2)ccc1/C=C(/C#N)C(=O)Nc1cccc(Cl)c1. The number of ether oxygens (including phenoxy) is 2. The number of halogens is 1. The summed E-state index contributed by atoms with van der Waals surface area (Å²) in [7, 11) is 1.56. The number of amides is 1. The molecule has 0 radical (unpaired) electrons. The van der Waals surface area contributed by atoms with Crippen LogP contribution in [0.3, 0.4) is 0 Å². The van der Waals surface area contributed by atoms with Gasteiger partial charge in [-0.1, -0.05) is 17.7 Å². The summed E-state index contributed by atoms with van der Waals surface area (Å²) in [6, 6.07) is 14.4. The van der Waals surface area contributed by atoms with Crippen LogP contribution in [-0.2, 0) is 9.53 Å². The van der Waals surface area contributed by atoms with Gasteiger partial charge in [-0.25, -0.2) is 0 Å². The highest BCUT2D eigenvalue weighted by atomic mass is 35.5. The summed E-state index contributed by atoms with van der Waals surface area (Å²) in [4.78, 5) is 14.7. The Labute approximate surface area is 168 Å². The van der Waals surface area contributed by atoms with Crippen LogP contribution in [0.2, 0.25) is 5.02 Å². The van der Waals surface area contributed by atoms with Gasteiger partial charge in [-0.05, 0) is 36.4 Å². The second-order valence-corrected chi connectivity index (χ2v) is 6.60. The number of nitrogens with one attached hydrogen (secondary N) is 1. The third-order valence-electron chi connectivity index (χ3n) is 4.34. The van der Waals surface area contributed by atoms with E-state index in [1.54, 1.807) is 31.4 Å². The molecule has 6 nitrogen and oxygen atoms in total. The lowest BCUT2D eigenvalue weighted by Crippen LogP contribution is -2.36. The number of rotatable bonds is 5. The molecule has 1 heterocycles. The fourth-order valence-corrected chi connectivity index (χ4v) is 3.10. The normalized spacial score (nSPS) is 14.3. The molecule has 0 atom stereocenters. The maximum Gasteiger partial charge on any atom is 0.266 e. The van der Waals surface area contributed by atoms with E-state index in [2.05, 4.69) is 10.2 Å². The second-order valence-electron chi connectivity index (χ2n) is 6.16. The lowest BCUT2D eigenvalue weighted by atomic mass is 10.1. The van der Waals surface area contributed by atoms with Crippen LogP contribution in [0.4, 0.5) is 11.4 Å². The molecule has 0 aromatic heterocycles. The molecule has 2 aromatic carbocycles. The zero-order valence-electron chi connectivity index (χ0n) is 15.4. The van der Waals surface area contributed by atoms with Gasteiger partial charge in [-0.2, -0.15) is 5.26 Å². The summed E-state index contributed by atoms with van der Waals surface area (Å²) < 4.78 is 10.9. The van der Waals surface area contributed by atoms with Gasteiger partial charge in [0.1, 0.15) is 17.4 Å². The van der Waals surface area contributed by atoms with Crippen LogP contribution in [0, 0.1) is 11.3 Å². The summed E-state index contributed by atoms with van der Waals surface area (Å²) in [5.41, 5.74) is 2.15. The molecule has 7 heteroatoms. The third-order valence-corrected chi connectivity index (χ3v) is 4.58. The smallest absolute Gasteiger partial charge is 0.266 e. The summed E-state index contributed by atoms with van der Waals surface area (Å²) in [6.07, 6.45) is 1.52. The molecule has 0 saturated carbocycles. The first kappa shape index (κ1) is 19.7. The number of hydrogen-bond acceptors (Lipinski definition) is 5. The largest absolute Gasteiger partial charge is 0.496 e. The molecule has 28 heavy (non-hydrogen) atoms. The number of benzene rings is 2. The number of carbonyl (C=O) groups is 1. The van der Waals surface area contributed by atoms with Gasteiger partial charge >= 0.3 is 0 Å². The van der Waals surface area contributed by atoms with Crippen molar-refractivity contribution in [3.05, 3.63) is 58.6 Å². The highest BCUT2D eigenvalue weighted by Crippen LogP contribution is 2.28. The quantitative estimate of drug-likeness (QED) is 0.614. The minimum absolute atomic E-state index is 0.0302. The monoisotopic (exact) mass is 397 g/mol. The van der Waals surface area contributed by atoms with Gasteiger partial charge in [0, 0.05) is 41.1 Å². The van der Waals surface area contributed by atoms with Crippen molar-refractivity contribution in [2.75, 3.05) is 43.6 Å². The molecule has 1 N–H and O–H groups in total. The van der Waals surface area contributed by atoms with Crippen molar-refractivity contribution in [2.24, 2.45) is 0 Å². The second kappa shape index (κ2) is 9.27. The van der Waals surface area contributed by atoms with E-state index in [9.17, 15) is 10.1 Å². The third kappa shape index (κ3) is 4.83. The first-order chi connectivity index (χ1) is 13.6. The first-order valence-electron chi connectivity index (χ1n) is 8.80. The van der Waals surface area contributed by atoms with Crippen LogP contribution < -0.4 is 15.0 Å². The Morgan fingerprint density at radius 3 is 2.75 bits per heavy atom. The van der Waals surface area contributed by atoms with E-state index < -0.39 is 5.91 Å². The Kier molecular flexibility index (Phi) is 6.53. The van der Waals surface area contributed by atoms with Gasteiger partial charge in [0.2, 0.25) is 0 Å². The number of morpholine rings is 1. The van der Waals surface area contributed by atoms with Crippen molar-refractivity contribution in [1.82, 2.24) is 0 Å². The number of hydrogen-bond donors (Lipinski definition) is 1. The van der Waals surface area contributed by atoms with Crippen molar-refractivity contribution in [3.63, 3.8) is 0 Å². The Morgan fingerprint density at radius 2 is 2.07 bits per heavy atom. The summed E-state index contributed by atoms with van der Waals surface area (Å²) in [6.45, 7) is 2.99. The topological polar surface area (TPSA) is 74.6 Å². The fourth-order valence-electron chi connectivity index (χ4n) is 2.91. The van der Waals surface area contributed by atoms with Crippen LogP contribution in [0.25, 0.3) is 6.08 Å². The van der Waals surface area contributed by atoms with Crippen LogP contribution in [-0.4, -0.2) is 39.3 Å². The maximum atomic E-state index is 12.5. The summed E-state index contributed by atoms with van der Waals surface area (Å²) in [5.74, 6) is 0.0800. The summed E-state index contributed by atoms with van der Waals surface area (Å²) in [5, 5.41) is 12.6. The standard InChI is InChI=1S/C21H20ClN3O3/c1-27-20-13-19(25-7-9-28-10-8-25)6-5-15(20)11-16(14-23)21(26)24-18-4-2-3-17(22)12-18/h2-6,11-13H,7-10H2,1H3,(H,24,26)/b16-11-. The number of nitrogens with zero attached hydrogens (tertiary/aromatic N) is 2. The van der Waals surface area contributed by atoms with Gasteiger partial charge in [-0.15, -0.1) is 0 Å². The average molecular weight is 398 g/mol. The van der Waals surface area contributed by atoms with Gasteiger partial charge < -0.3 is 19.7 Å². The van der Waals surface area contributed by atoms with Crippen molar-refractivity contribution in [3.8, 4) is 11.8 Å². The van der Waals surface area contributed by atoms with Crippen molar-refractivity contribution in [2.45, 2.75) is 0 Å². The highest BCUT2D eigenvalue weighted by molar-refractivity contribution is 6.31. The molecule has 0 spiro atoms. The van der Waals surface area contributed by atoms with Gasteiger partial charge in [0.25, 0.3) is 5.91 Å². The lowest BCUT2D eigenvalue weighted by Gasteiger charge is -2.29. The summed E-state index contributed by atoms with van der Waals surface area (Å²) >= 11 is 5.93. The van der Waals surface area contributed by atoms with E-state index in [0.29, 0.717) is 35.2 Å². The number of nitriles is 1. The number of anilines is 2.